The lowest BCUT2D eigenvalue weighted by Crippen LogP contribution is -2.30. The molecule has 0 radical (unpaired) electrons. The molecule has 17 heavy (non-hydrogen) atoms. The Labute approximate surface area is 110 Å². The maximum Gasteiger partial charge on any atom is 0.472 e. The zero-order chi connectivity index (χ0) is 12.8. The van der Waals surface area contributed by atoms with Crippen LogP contribution in [-0.4, -0.2) is 21.4 Å². The van der Waals surface area contributed by atoms with Gasteiger partial charge in [-0.25, -0.2) is 9.09 Å². The van der Waals surface area contributed by atoms with Gasteiger partial charge in [-0.3, -0.25) is 0 Å². The van der Waals surface area contributed by atoms with Crippen LogP contribution in [-0.2, 0) is 14.9 Å². The molecular formula is C8H8BrClNO5P. The van der Waals surface area contributed by atoms with Crippen LogP contribution >= 0.6 is 35.4 Å². The van der Waals surface area contributed by atoms with Crippen LogP contribution in [0.15, 0.2) is 16.6 Å². The first-order valence-corrected chi connectivity index (χ1v) is 7.13. The Morgan fingerprint density at radius 2 is 2.18 bits per heavy atom. The van der Waals surface area contributed by atoms with Gasteiger partial charge in [0.1, 0.15) is 0 Å². The summed E-state index contributed by atoms with van der Waals surface area (Å²) < 4.78 is 15.7. The van der Waals surface area contributed by atoms with Gasteiger partial charge in [0.25, 0.3) is 0 Å². The number of rotatable bonds is 2. The predicted octanol–water partition coefficient (Wildman–Crippen LogP) is 1.78. The van der Waals surface area contributed by atoms with Crippen LogP contribution in [0.5, 0.6) is 0 Å². The van der Waals surface area contributed by atoms with E-state index < -0.39 is 13.6 Å². The lowest BCUT2D eigenvalue weighted by molar-refractivity contribution is -0.140. The van der Waals surface area contributed by atoms with Gasteiger partial charge in [0.15, 0.2) is 0 Å². The highest BCUT2D eigenvalue weighted by Crippen LogP contribution is 2.49. The number of hydrogen-bond acceptors (Lipinski definition) is 4. The minimum absolute atomic E-state index is 0.166. The van der Waals surface area contributed by atoms with E-state index in [0.29, 0.717) is 15.2 Å². The van der Waals surface area contributed by atoms with Crippen molar-refractivity contribution < 1.29 is 24.0 Å². The van der Waals surface area contributed by atoms with Gasteiger partial charge in [-0.15, -0.1) is 0 Å². The van der Waals surface area contributed by atoms with Crippen molar-refractivity contribution in [1.82, 2.24) is 0 Å². The van der Waals surface area contributed by atoms with Gasteiger partial charge < -0.3 is 20.2 Å². The predicted molar refractivity (Wildman–Crippen MR) is 64.7 cm³/mol. The van der Waals surface area contributed by atoms with Crippen molar-refractivity contribution in [3.8, 4) is 0 Å². The average Bonchev–Trinajstić information content (AvgIpc) is 2.43. The van der Waals surface area contributed by atoms with Crippen molar-refractivity contribution in [1.29, 1.82) is 0 Å². The molecular weight excluding hydrogens is 336 g/mol. The van der Waals surface area contributed by atoms with Gasteiger partial charge in [-0.05, 0) is 28.1 Å². The average molecular weight is 344 g/mol. The molecule has 94 valence electrons. The molecule has 0 fully saturated rings. The zero-order valence-corrected chi connectivity index (χ0v) is 11.5. The number of phosphoric ester groups is 1. The molecule has 1 aliphatic heterocycles. The number of halogens is 2. The smallest absolute Gasteiger partial charge is 0.379 e. The fraction of sp³-hybridized carbons (Fsp3) is 0.250. The summed E-state index contributed by atoms with van der Waals surface area (Å²) in [7, 11) is -4.80. The molecule has 0 amide bonds. The molecule has 0 spiro atoms. The lowest BCUT2D eigenvalue weighted by Gasteiger charge is -2.23. The molecule has 1 aliphatic rings. The first-order valence-electron chi connectivity index (χ1n) is 4.43. The quantitative estimate of drug-likeness (QED) is 0.482. The zero-order valence-electron chi connectivity index (χ0n) is 8.22. The SMILES string of the molecule is O=P(O)(O)OC1(O)CNc2cc(Cl)c(Br)cc21. The third-order valence-corrected chi connectivity index (χ3v) is 4.01. The molecule has 1 unspecified atom stereocenters. The maximum atomic E-state index is 10.8. The molecule has 1 aromatic carbocycles. The van der Waals surface area contributed by atoms with Crippen molar-refractivity contribution in [3.05, 3.63) is 27.2 Å². The third kappa shape index (κ3) is 2.66. The second-order valence-corrected chi connectivity index (χ2v) is 5.96. The highest BCUT2D eigenvalue weighted by molar-refractivity contribution is 9.10. The summed E-state index contributed by atoms with van der Waals surface area (Å²) >= 11 is 9.02. The van der Waals surface area contributed by atoms with Crippen molar-refractivity contribution in [2.75, 3.05) is 11.9 Å². The fourth-order valence-electron chi connectivity index (χ4n) is 1.60. The van der Waals surface area contributed by atoms with E-state index in [9.17, 15) is 9.67 Å². The Balaban J connectivity index is 2.46. The fourth-order valence-corrected chi connectivity index (χ4v) is 2.67. The Morgan fingerprint density at radius 1 is 1.53 bits per heavy atom. The second-order valence-electron chi connectivity index (χ2n) is 3.53. The highest BCUT2D eigenvalue weighted by atomic mass is 79.9. The van der Waals surface area contributed by atoms with Crippen LogP contribution in [0, 0.1) is 0 Å². The molecule has 1 aromatic rings. The number of anilines is 1. The van der Waals surface area contributed by atoms with Gasteiger partial charge in [-0.2, -0.15) is 0 Å². The number of hydrogen-bond donors (Lipinski definition) is 4. The van der Waals surface area contributed by atoms with E-state index in [-0.39, 0.29) is 12.1 Å². The largest absolute Gasteiger partial charge is 0.472 e. The van der Waals surface area contributed by atoms with Gasteiger partial charge in [0.2, 0.25) is 5.79 Å². The van der Waals surface area contributed by atoms with Gasteiger partial charge in [0, 0.05) is 15.7 Å². The van der Waals surface area contributed by atoms with Gasteiger partial charge in [-0.1, -0.05) is 11.6 Å². The van der Waals surface area contributed by atoms with Crippen molar-refractivity contribution in [2.24, 2.45) is 0 Å². The van der Waals surface area contributed by atoms with Crippen LogP contribution < -0.4 is 5.32 Å². The molecule has 0 aromatic heterocycles. The first-order chi connectivity index (χ1) is 7.71. The molecule has 0 bridgehead atoms. The molecule has 9 heteroatoms. The van der Waals surface area contributed by atoms with Crippen molar-refractivity contribution in [2.45, 2.75) is 5.79 Å². The summed E-state index contributed by atoms with van der Waals surface area (Å²) in [5, 5.41) is 13.2. The van der Waals surface area contributed by atoms with Gasteiger partial charge in [0.05, 0.1) is 11.6 Å². The molecule has 6 nitrogen and oxygen atoms in total. The molecule has 0 saturated carbocycles. The van der Waals surface area contributed by atoms with E-state index in [4.69, 9.17) is 21.4 Å². The summed E-state index contributed by atoms with van der Waals surface area (Å²) in [6.07, 6.45) is 0. The van der Waals surface area contributed by atoms with Crippen LogP contribution in [0.3, 0.4) is 0 Å². The van der Waals surface area contributed by atoms with Crippen LogP contribution in [0.25, 0.3) is 0 Å². The summed E-state index contributed by atoms with van der Waals surface area (Å²) in [6, 6.07) is 2.98. The molecule has 1 heterocycles. The Kier molecular flexibility index (Phi) is 3.29. The van der Waals surface area contributed by atoms with E-state index in [1.54, 1.807) is 0 Å². The minimum Gasteiger partial charge on any atom is -0.379 e. The Morgan fingerprint density at radius 3 is 2.76 bits per heavy atom. The van der Waals surface area contributed by atoms with E-state index in [1.807, 2.05) is 0 Å². The summed E-state index contributed by atoms with van der Waals surface area (Å²) in [5.74, 6) is -2.07. The summed E-state index contributed by atoms with van der Waals surface area (Å²) in [6.45, 7) is -0.166. The van der Waals surface area contributed by atoms with Crippen LogP contribution in [0.4, 0.5) is 5.69 Å². The van der Waals surface area contributed by atoms with Crippen LogP contribution in [0.2, 0.25) is 5.02 Å². The topological polar surface area (TPSA) is 99.0 Å². The summed E-state index contributed by atoms with van der Waals surface area (Å²) in [5.41, 5.74) is 0.686. The number of fused-ring (bicyclic) bond motifs is 1. The highest BCUT2D eigenvalue weighted by Gasteiger charge is 2.43. The summed E-state index contributed by atoms with van der Waals surface area (Å²) in [4.78, 5) is 17.5. The van der Waals surface area contributed by atoms with E-state index in [2.05, 4.69) is 25.8 Å². The van der Waals surface area contributed by atoms with Crippen molar-refractivity contribution >= 4 is 41.0 Å². The lowest BCUT2D eigenvalue weighted by atomic mass is 10.1. The third-order valence-electron chi connectivity index (χ3n) is 2.27. The van der Waals surface area contributed by atoms with Crippen LogP contribution in [0.1, 0.15) is 5.56 Å². The number of β-amino-alcohol motifs (C(OH)–C–C–N with tert-alkyl or cyclic N) is 1. The first kappa shape index (κ1) is 13.3. The molecule has 2 rings (SSSR count). The molecule has 4 N–H and O–H groups in total. The Hall–Kier alpha value is -0.140. The normalized spacial score (nSPS) is 23.4. The molecule has 0 saturated heterocycles. The number of nitrogens with one attached hydrogen (secondary N) is 1. The molecule has 1 atom stereocenters. The van der Waals surface area contributed by atoms with E-state index >= 15 is 0 Å². The monoisotopic (exact) mass is 343 g/mol. The second kappa shape index (κ2) is 4.20. The standard InChI is InChI=1S/C8H8BrClNO5P/c9-5-1-4-7(2-6(5)10)11-3-8(4,12)16-17(13,14)15/h1-2,11-12H,3H2,(H2,13,14,15). The van der Waals surface area contributed by atoms with E-state index in [1.165, 1.54) is 12.1 Å². The van der Waals surface area contributed by atoms with E-state index in [0.717, 1.165) is 0 Å². The number of benzene rings is 1. The number of aliphatic hydroxyl groups is 1. The van der Waals surface area contributed by atoms with Crippen molar-refractivity contribution in [3.63, 3.8) is 0 Å². The Bertz CT molecular complexity index is 521. The minimum atomic E-state index is -4.80. The number of phosphoric acid groups is 1. The van der Waals surface area contributed by atoms with Gasteiger partial charge >= 0.3 is 7.82 Å². The maximum absolute atomic E-state index is 10.8. The molecule has 0 aliphatic carbocycles.